The van der Waals surface area contributed by atoms with E-state index in [-0.39, 0.29) is 11.5 Å². The monoisotopic (exact) mass is 447 g/mol. The van der Waals surface area contributed by atoms with Crippen LogP contribution in [0.3, 0.4) is 0 Å². The van der Waals surface area contributed by atoms with E-state index in [1.54, 1.807) is 7.11 Å². The first kappa shape index (κ1) is 23.6. The maximum atomic E-state index is 13.0. The van der Waals surface area contributed by atoms with Crippen LogP contribution in [0.25, 0.3) is 0 Å². The largest absolute Gasteiger partial charge is 0.497 e. The van der Waals surface area contributed by atoms with Crippen molar-refractivity contribution < 1.29 is 14.4 Å². The summed E-state index contributed by atoms with van der Waals surface area (Å²) in [6.45, 7) is 7.53. The minimum atomic E-state index is -0.264. The highest BCUT2D eigenvalue weighted by Crippen LogP contribution is 2.55. The molecule has 1 heterocycles. The van der Waals surface area contributed by atoms with Crippen molar-refractivity contribution in [3.63, 3.8) is 0 Å². The van der Waals surface area contributed by atoms with E-state index in [1.807, 2.05) is 41.5 Å². The number of hydrogen-bond donors (Lipinski definition) is 0. The molecule has 2 fully saturated rings. The second-order valence-electron chi connectivity index (χ2n) is 9.94. The Balaban J connectivity index is 1.63. The number of allylic oxidation sites excluding steroid dienone is 2. The van der Waals surface area contributed by atoms with Crippen LogP contribution in [0.5, 0.6) is 5.75 Å². The molecular formula is C29H37NO3. The Labute approximate surface area is 198 Å². The third kappa shape index (κ3) is 4.86. The number of ether oxygens (including phenoxy) is 1. The Morgan fingerprint density at radius 3 is 2.67 bits per heavy atom. The fourth-order valence-electron chi connectivity index (χ4n) is 5.93. The fraction of sp³-hybridized carbons (Fsp3) is 0.483. The van der Waals surface area contributed by atoms with Crippen LogP contribution in [0.4, 0.5) is 0 Å². The normalized spacial score (nSPS) is 29.7. The number of hydroxylamine groups is 2. The van der Waals surface area contributed by atoms with Gasteiger partial charge in [0.05, 0.1) is 18.2 Å². The summed E-state index contributed by atoms with van der Waals surface area (Å²) in [5, 5.41) is 2.02. The number of benzene rings is 2. The average molecular weight is 448 g/mol. The zero-order valence-corrected chi connectivity index (χ0v) is 20.4. The number of hydrogen-bond acceptors (Lipinski definition) is 4. The zero-order valence-electron chi connectivity index (χ0n) is 20.4. The minimum Gasteiger partial charge on any atom is -0.497 e. The van der Waals surface area contributed by atoms with Crippen LogP contribution in [0.1, 0.15) is 68.3 Å². The number of carbonyl (C=O) groups excluding carboxylic acids is 1. The van der Waals surface area contributed by atoms with Gasteiger partial charge >= 0.3 is 5.97 Å². The Bertz CT molecular complexity index is 972. The van der Waals surface area contributed by atoms with Crippen molar-refractivity contribution in [2.45, 2.75) is 57.9 Å². The predicted octanol–water partition coefficient (Wildman–Crippen LogP) is 6.64. The second kappa shape index (κ2) is 10.1. The Morgan fingerprint density at radius 2 is 1.94 bits per heavy atom. The zero-order chi connectivity index (χ0) is 23.4. The molecule has 4 heteroatoms. The predicted molar refractivity (Wildman–Crippen MR) is 132 cm³/mol. The Kier molecular flexibility index (Phi) is 7.23. The molecule has 2 aromatic carbocycles. The molecule has 0 N–H and O–H groups in total. The molecule has 1 aliphatic carbocycles. The molecule has 1 saturated heterocycles. The molecule has 176 valence electrons. The quantitative estimate of drug-likeness (QED) is 0.446. The summed E-state index contributed by atoms with van der Waals surface area (Å²) in [5.41, 5.74) is 1.78. The van der Waals surface area contributed by atoms with Gasteiger partial charge in [-0.05, 0) is 86.1 Å². The first-order chi connectivity index (χ1) is 16.0. The molecule has 0 amide bonds. The van der Waals surface area contributed by atoms with Crippen molar-refractivity contribution in [2.75, 3.05) is 13.7 Å². The van der Waals surface area contributed by atoms with Crippen LogP contribution in [0, 0.1) is 17.8 Å². The van der Waals surface area contributed by atoms with Crippen molar-refractivity contribution in [3.8, 4) is 5.75 Å². The highest BCUT2D eigenvalue weighted by atomic mass is 16.7. The topological polar surface area (TPSA) is 38.8 Å². The van der Waals surface area contributed by atoms with Crippen molar-refractivity contribution in [1.29, 1.82) is 0 Å². The van der Waals surface area contributed by atoms with E-state index < -0.39 is 0 Å². The van der Waals surface area contributed by atoms with E-state index in [0.717, 1.165) is 38.0 Å². The van der Waals surface area contributed by atoms with Gasteiger partial charge in [-0.3, -0.25) is 0 Å². The maximum Gasteiger partial charge on any atom is 0.357 e. The third-order valence-corrected chi connectivity index (χ3v) is 7.89. The Morgan fingerprint density at radius 1 is 1.15 bits per heavy atom. The molecule has 0 aromatic heterocycles. The van der Waals surface area contributed by atoms with Crippen molar-refractivity contribution in [1.82, 2.24) is 5.06 Å². The van der Waals surface area contributed by atoms with E-state index in [2.05, 4.69) is 51.1 Å². The molecule has 0 radical (unpaired) electrons. The van der Waals surface area contributed by atoms with E-state index >= 15 is 0 Å². The van der Waals surface area contributed by atoms with Crippen LogP contribution in [-0.2, 0) is 4.84 Å². The van der Waals surface area contributed by atoms with Crippen molar-refractivity contribution >= 4 is 5.97 Å². The van der Waals surface area contributed by atoms with Gasteiger partial charge < -0.3 is 9.57 Å². The van der Waals surface area contributed by atoms with E-state index in [9.17, 15) is 4.79 Å². The number of nitrogens with zero attached hydrogens (tertiary/aromatic N) is 1. The summed E-state index contributed by atoms with van der Waals surface area (Å²) in [5.74, 6) is 2.49. The van der Waals surface area contributed by atoms with Gasteiger partial charge in [0.2, 0.25) is 0 Å². The highest BCUT2D eigenvalue weighted by molar-refractivity contribution is 5.89. The molecular weight excluding hydrogens is 410 g/mol. The smallest absolute Gasteiger partial charge is 0.357 e. The summed E-state index contributed by atoms with van der Waals surface area (Å²) in [6, 6.07) is 17.9. The molecule has 2 aliphatic rings. The summed E-state index contributed by atoms with van der Waals surface area (Å²) in [7, 11) is 1.73. The number of fused-ring (bicyclic) bond motifs is 2. The lowest BCUT2D eigenvalue weighted by molar-refractivity contribution is -0.238. The highest BCUT2D eigenvalue weighted by Gasteiger charge is 2.54. The number of methoxy groups -OCH3 is 1. The van der Waals surface area contributed by atoms with E-state index in [0.29, 0.717) is 29.2 Å². The lowest BCUT2D eigenvalue weighted by Crippen LogP contribution is -2.62. The molecule has 2 bridgehead atoms. The molecule has 1 saturated carbocycles. The second-order valence-corrected chi connectivity index (χ2v) is 9.94. The molecule has 0 spiro atoms. The van der Waals surface area contributed by atoms with E-state index in [4.69, 9.17) is 9.57 Å². The van der Waals surface area contributed by atoms with Crippen LogP contribution >= 0.6 is 0 Å². The van der Waals surface area contributed by atoms with Gasteiger partial charge in [-0.2, -0.15) is 0 Å². The number of piperidine rings is 1. The fourth-order valence-corrected chi connectivity index (χ4v) is 5.93. The lowest BCUT2D eigenvalue weighted by atomic mass is 9.57. The SMILES string of the molecule is CCC=CCC1CC(c2cccc(OC)c2)C2CC1(C)N(OC(=O)c1ccccc1)CC2C. The summed E-state index contributed by atoms with van der Waals surface area (Å²) in [6.07, 6.45) is 8.69. The van der Waals surface area contributed by atoms with Gasteiger partial charge in [0.15, 0.2) is 0 Å². The summed E-state index contributed by atoms with van der Waals surface area (Å²) in [4.78, 5) is 19.1. The Hall–Kier alpha value is -2.59. The van der Waals surface area contributed by atoms with Crippen molar-refractivity contribution in [2.24, 2.45) is 17.8 Å². The summed E-state index contributed by atoms with van der Waals surface area (Å²) >= 11 is 0. The van der Waals surface area contributed by atoms with Gasteiger partial charge in [0.25, 0.3) is 0 Å². The van der Waals surface area contributed by atoms with Crippen molar-refractivity contribution in [3.05, 3.63) is 77.9 Å². The first-order valence-electron chi connectivity index (χ1n) is 12.3. The standard InChI is InChI=1S/C29H37NO3/c1-5-6-8-15-24-18-26(23-14-11-16-25(17-23)32-4)27-19-29(24,3)30(20-21(27)2)33-28(31)22-12-9-7-10-13-22/h6-14,16-17,21,24,26-27H,5,15,18-20H2,1-4H3. The third-order valence-electron chi connectivity index (χ3n) is 7.89. The number of rotatable bonds is 7. The number of carbonyl (C=O) groups is 1. The van der Waals surface area contributed by atoms with Gasteiger partial charge in [-0.15, -0.1) is 5.06 Å². The molecule has 5 unspecified atom stereocenters. The van der Waals surface area contributed by atoms with Gasteiger partial charge in [0.1, 0.15) is 5.75 Å². The lowest BCUT2D eigenvalue weighted by Gasteiger charge is -2.58. The van der Waals surface area contributed by atoms with Gasteiger partial charge in [-0.25, -0.2) is 4.79 Å². The maximum absolute atomic E-state index is 13.0. The van der Waals surface area contributed by atoms with Gasteiger partial charge in [-0.1, -0.05) is 56.3 Å². The van der Waals surface area contributed by atoms with Crippen LogP contribution < -0.4 is 4.74 Å². The van der Waals surface area contributed by atoms with Crippen LogP contribution in [-0.4, -0.2) is 30.2 Å². The van der Waals surface area contributed by atoms with E-state index in [1.165, 1.54) is 5.56 Å². The molecule has 1 aliphatic heterocycles. The van der Waals surface area contributed by atoms with Crippen LogP contribution in [0.15, 0.2) is 66.7 Å². The minimum absolute atomic E-state index is 0.185. The first-order valence-corrected chi connectivity index (χ1v) is 12.3. The molecule has 4 nitrogen and oxygen atoms in total. The molecule has 4 rings (SSSR count). The summed E-state index contributed by atoms with van der Waals surface area (Å²) < 4.78 is 5.53. The van der Waals surface area contributed by atoms with Crippen LogP contribution in [0.2, 0.25) is 0 Å². The average Bonchev–Trinajstić information content (AvgIpc) is 2.84. The molecule has 33 heavy (non-hydrogen) atoms. The molecule has 2 aromatic rings. The molecule has 5 atom stereocenters. The van der Waals surface area contributed by atoms with Gasteiger partial charge in [0, 0.05) is 6.54 Å².